The second-order valence-corrected chi connectivity index (χ2v) is 4.99. The fourth-order valence-corrected chi connectivity index (χ4v) is 1.80. The van der Waals surface area contributed by atoms with Gasteiger partial charge in [-0.15, -0.1) is 0 Å². The van der Waals surface area contributed by atoms with E-state index in [1.54, 1.807) is 0 Å². The van der Waals surface area contributed by atoms with Crippen molar-refractivity contribution in [2.75, 3.05) is 0 Å². The maximum atomic E-state index is 6.15. The van der Waals surface area contributed by atoms with E-state index in [9.17, 15) is 0 Å². The van der Waals surface area contributed by atoms with Crippen molar-refractivity contribution in [2.24, 2.45) is 0 Å². The van der Waals surface area contributed by atoms with Gasteiger partial charge in [0.05, 0.1) is 11.1 Å². The molecule has 1 saturated carbocycles. The molecular formula is C13H18ClNO. The largest absolute Gasteiger partial charge is 0.489 e. The lowest BCUT2D eigenvalue weighted by Gasteiger charge is -2.12. The van der Waals surface area contributed by atoms with Gasteiger partial charge in [-0.25, -0.2) is 0 Å². The van der Waals surface area contributed by atoms with Gasteiger partial charge in [-0.3, -0.25) is 0 Å². The lowest BCUT2D eigenvalue weighted by molar-refractivity contribution is 0.242. The third-order valence-electron chi connectivity index (χ3n) is 2.53. The first-order valence-electron chi connectivity index (χ1n) is 5.83. The molecule has 88 valence electrons. The van der Waals surface area contributed by atoms with Crippen LogP contribution in [0.2, 0.25) is 5.02 Å². The van der Waals surface area contributed by atoms with E-state index in [2.05, 4.69) is 11.4 Å². The average molecular weight is 240 g/mol. The van der Waals surface area contributed by atoms with Crippen LogP contribution in [0.5, 0.6) is 5.75 Å². The molecule has 1 aliphatic carbocycles. The molecule has 0 saturated heterocycles. The average Bonchev–Trinajstić information content (AvgIpc) is 3.02. The first-order valence-corrected chi connectivity index (χ1v) is 6.21. The Labute approximate surface area is 102 Å². The topological polar surface area (TPSA) is 21.3 Å². The Bertz CT molecular complexity index is 361. The van der Waals surface area contributed by atoms with Crippen LogP contribution in [0, 0.1) is 0 Å². The highest BCUT2D eigenvalue weighted by molar-refractivity contribution is 6.32. The molecular weight excluding hydrogens is 222 g/mol. The molecule has 16 heavy (non-hydrogen) atoms. The summed E-state index contributed by atoms with van der Waals surface area (Å²) in [6.07, 6.45) is 2.78. The molecule has 0 amide bonds. The first kappa shape index (κ1) is 11.7. The normalized spacial score (nSPS) is 15.5. The molecule has 0 unspecified atom stereocenters. The van der Waals surface area contributed by atoms with E-state index >= 15 is 0 Å². The molecule has 1 aromatic rings. The van der Waals surface area contributed by atoms with Crippen molar-refractivity contribution in [2.45, 2.75) is 45.4 Å². The summed E-state index contributed by atoms with van der Waals surface area (Å²) in [6, 6.07) is 6.73. The summed E-state index contributed by atoms with van der Waals surface area (Å²) in [6.45, 7) is 4.89. The molecule has 1 aliphatic rings. The second kappa shape index (κ2) is 5.07. The number of halogens is 1. The van der Waals surface area contributed by atoms with Gasteiger partial charge in [0.15, 0.2) is 0 Å². The quantitative estimate of drug-likeness (QED) is 0.851. The Morgan fingerprint density at radius 2 is 2.19 bits per heavy atom. The van der Waals surface area contributed by atoms with Crippen molar-refractivity contribution in [1.82, 2.24) is 5.32 Å². The smallest absolute Gasteiger partial charge is 0.138 e. The molecule has 1 N–H and O–H groups in total. The van der Waals surface area contributed by atoms with Gasteiger partial charge < -0.3 is 10.1 Å². The van der Waals surface area contributed by atoms with Crippen LogP contribution in [-0.4, -0.2) is 12.1 Å². The Morgan fingerprint density at radius 3 is 2.75 bits per heavy atom. The number of benzene rings is 1. The van der Waals surface area contributed by atoms with Crippen LogP contribution < -0.4 is 10.1 Å². The first-order chi connectivity index (χ1) is 7.65. The molecule has 0 spiro atoms. The van der Waals surface area contributed by atoms with Crippen molar-refractivity contribution in [3.05, 3.63) is 28.8 Å². The summed E-state index contributed by atoms with van der Waals surface area (Å²) in [5, 5.41) is 4.16. The minimum Gasteiger partial charge on any atom is -0.489 e. The van der Waals surface area contributed by atoms with Gasteiger partial charge >= 0.3 is 0 Å². The van der Waals surface area contributed by atoms with Crippen LogP contribution in [0.4, 0.5) is 0 Å². The van der Waals surface area contributed by atoms with E-state index in [0.717, 1.165) is 18.3 Å². The molecule has 2 nitrogen and oxygen atoms in total. The lowest BCUT2D eigenvalue weighted by atomic mass is 10.2. The van der Waals surface area contributed by atoms with Gasteiger partial charge in [0, 0.05) is 12.6 Å². The molecule has 1 aromatic carbocycles. The van der Waals surface area contributed by atoms with Crippen LogP contribution >= 0.6 is 11.6 Å². The Hall–Kier alpha value is -0.730. The summed E-state index contributed by atoms with van der Waals surface area (Å²) in [5.74, 6) is 0.770. The number of nitrogens with one attached hydrogen (secondary N) is 1. The maximum absolute atomic E-state index is 6.15. The van der Waals surface area contributed by atoms with Crippen molar-refractivity contribution in [3.8, 4) is 5.75 Å². The highest BCUT2D eigenvalue weighted by Crippen LogP contribution is 2.27. The predicted octanol–water partition coefficient (Wildman–Crippen LogP) is 3.38. The zero-order valence-corrected chi connectivity index (χ0v) is 10.6. The number of hydrogen-bond donors (Lipinski definition) is 1. The third-order valence-corrected chi connectivity index (χ3v) is 2.83. The Kier molecular flexibility index (Phi) is 3.72. The van der Waals surface area contributed by atoms with Gasteiger partial charge in [0.2, 0.25) is 0 Å². The second-order valence-electron chi connectivity index (χ2n) is 4.59. The molecule has 3 heteroatoms. The standard InChI is InChI=1S/C13H18ClNO/c1-9(2)16-13-6-3-10(7-12(13)14)8-15-11-4-5-11/h3,6-7,9,11,15H,4-5,8H2,1-2H3. The molecule has 1 fully saturated rings. The van der Waals surface area contributed by atoms with Crippen molar-refractivity contribution < 1.29 is 4.74 Å². The Morgan fingerprint density at radius 1 is 1.44 bits per heavy atom. The fourth-order valence-electron chi connectivity index (χ4n) is 1.55. The van der Waals surface area contributed by atoms with E-state index in [1.807, 2.05) is 26.0 Å². The number of rotatable bonds is 5. The molecule has 0 heterocycles. The van der Waals surface area contributed by atoms with Gasteiger partial charge in [0.25, 0.3) is 0 Å². The summed E-state index contributed by atoms with van der Waals surface area (Å²) >= 11 is 6.15. The maximum Gasteiger partial charge on any atom is 0.138 e. The lowest BCUT2D eigenvalue weighted by Crippen LogP contribution is -2.15. The fraction of sp³-hybridized carbons (Fsp3) is 0.538. The summed E-state index contributed by atoms with van der Waals surface area (Å²) in [5.41, 5.74) is 1.22. The zero-order chi connectivity index (χ0) is 11.5. The molecule has 0 radical (unpaired) electrons. The summed E-state index contributed by atoms with van der Waals surface area (Å²) in [7, 11) is 0. The molecule has 0 atom stereocenters. The number of ether oxygens (including phenoxy) is 1. The van der Waals surface area contributed by atoms with E-state index in [-0.39, 0.29) is 6.10 Å². The SMILES string of the molecule is CC(C)Oc1ccc(CNC2CC2)cc1Cl. The van der Waals surface area contributed by atoms with E-state index in [0.29, 0.717) is 5.02 Å². The minimum absolute atomic E-state index is 0.160. The van der Waals surface area contributed by atoms with Gasteiger partial charge in [-0.1, -0.05) is 17.7 Å². The van der Waals surface area contributed by atoms with Crippen LogP contribution in [0.3, 0.4) is 0 Å². The van der Waals surface area contributed by atoms with Crippen LogP contribution in [0.1, 0.15) is 32.3 Å². The van der Waals surface area contributed by atoms with Crippen molar-refractivity contribution in [3.63, 3.8) is 0 Å². The van der Waals surface area contributed by atoms with E-state index in [4.69, 9.17) is 16.3 Å². The van der Waals surface area contributed by atoms with Crippen LogP contribution in [-0.2, 0) is 6.54 Å². The van der Waals surface area contributed by atoms with E-state index in [1.165, 1.54) is 18.4 Å². The van der Waals surface area contributed by atoms with E-state index < -0.39 is 0 Å². The highest BCUT2D eigenvalue weighted by atomic mass is 35.5. The van der Waals surface area contributed by atoms with Gasteiger partial charge in [-0.05, 0) is 44.4 Å². The predicted molar refractivity (Wildman–Crippen MR) is 67.1 cm³/mol. The Balaban J connectivity index is 1.97. The van der Waals surface area contributed by atoms with Gasteiger partial charge in [0.1, 0.15) is 5.75 Å². The third kappa shape index (κ3) is 3.39. The highest BCUT2D eigenvalue weighted by Gasteiger charge is 2.20. The summed E-state index contributed by atoms with van der Waals surface area (Å²) < 4.78 is 5.59. The molecule has 2 rings (SSSR count). The monoisotopic (exact) mass is 239 g/mol. The minimum atomic E-state index is 0.160. The number of hydrogen-bond acceptors (Lipinski definition) is 2. The molecule has 0 bridgehead atoms. The zero-order valence-electron chi connectivity index (χ0n) is 9.79. The van der Waals surface area contributed by atoms with Crippen LogP contribution in [0.25, 0.3) is 0 Å². The van der Waals surface area contributed by atoms with Crippen LogP contribution in [0.15, 0.2) is 18.2 Å². The van der Waals surface area contributed by atoms with Crippen molar-refractivity contribution >= 4 is 11.6 Å². The van der Waals surface area contributed by atoms with Crippen molar-refractivity contribution in [1.29, 1.82) is 0 Å². The van der Waals surface area contributed by atoms with Gasteiger partial charge in [-0.2, -0.15) is 0 Å². The molecule has 0 aliphatic heterocycles. The molecule has 0 aromatic heterocycles. The summed E-state index contributed by atoms with van der Waals surface area (Å²) in [4.78, 5) is 0.